The maximum Gasteiger partial charge on any atom is 0.330 e. The monoisotopic (exact) mass is 284 g/mol. The molecule has 0 aromatic rings. The topological polar surface area (TPSA) is 52.6 Å². The molecule has 0 amide bonds. The predicted molar refractivity (Wildman–Crippen MR) is 79.3 cm³/mol. The van der Waals surface area contributed by atoms with Gasteiger partial charge in [0.15, 0.2) is 0 Å². The molecule has 0 aliphatic rings. The van der Waals surface area contributed by atoms with Crippen LogP contribution in [0, 0.1) is 0 Å². The van der Waals surface area contributed by atoms with E-state index >= 15 is 0 Å². The van der Waals surface area contributed by atoms with Crippen molar-refractivity contribution in [2.24, 2.45) is 0 Å². The van der Waals surface area contributed by atoms with Crippen molar-refractivity contribution >= 4 is 11.9 Å². The van der Waals surface area contributed by atoms with Gasteiger partial charge in [-0.3, -0.25) is 4.79 Å². The standard InChI is InChI=1S/C16H28O4/c1-3-5-6-7-8-9-10-11-13-19-16(18)12-14-20-15(17)4-2/h4H,2-3,5-14H2,1H3. The third-order valence-corrected chi connectivity index (χ3v) is 2.98. The second-order valence-electron chi connectivity index (χ2n) is 4.82. The van der Waals surface area contributed by atoms with E-state index in [4.69, 9.17) is 9.47 Å². The van der Waals surface area contributed by atoms with Crippen LogP contribution < -0.4 is 0 Å². The summed E-state index contributed by atoms with van der Waals surface area (Å²) in [4.78, 5) is 22.0. The van der Waals surface area contributed by atoms with E-state index in [1.54, 1.807) is 0 Å². The average Bonchev–Trinajstić information content (AvgIpc) is 2.45. The number of hydrogen-bond acceptors (Lipinski definition) is 4. The van der Waals surface area contributed by atoms with Crippen LogP contribution >= 0.6 is 0 Å². The van der Waals surface area contributed by atoms with Crippen LogP contribution in [-0.2, 0) is 19.1 Å². The lowest BCUT2D eigenvalue weighted by Crippen LogP contribution is -2.11. The van der Waals surface area contributed by atoms with Crippen LogP contribution in [0.3, 0.4) is 0 Å². The molecule has 0 heterocycles. The highest BCUT2D eigenvalue weighted by Gasteiger charge is 2.04. The molecule has 0 spiro atoms. The quantitative estimate of drug-likeness (QED) is 0.293. The van der Waals surface area contributed by atoms with Gasteiger partial charge in [-0.05, 0) is 6.42 Å². The van der Waals surface area contributed by atoms with E-state index in [0.29, 0.717) is 6.61 Å². The normalized spacial score (nSPS) is 10.1. The molecular formula is C16H28O4. The molecule has 4 heteroatoms. The van der Waals surface area contributed by atoms with Gasteiger partial charge < -0.3 is 9.47 Å². The summed E-state index contributed by atoms with van der Waals surface area (Å²) in [6.45, 7) is 6.00. The molecule has 0 N–H and O–H groups in total. The number of esters is 2. The van der Waals surface area contributed by atoms with E-state index in [2.05, 4.69) is 13.5 Å². The number of hydrogen-bond donors (Lipinski definition) is 0. The van der Waals surface area contributed by atoms with Crippen molar-refractivity contribution in [1.82, 2.24) is 0 Å². The molecule has 0 rings (SSSR count). The second-order valence-corrected chi connectivity index (χ2v) is 4.82. The van der Waals surface area contributed by atoms with Crippen molar-refractivity contribution in [3.8, 4) is 0 Å². The molecule has 0 bridgehead atoms. The largest absolute Gasteiger partial charge is 0.466 e. The zero-order chi connectivity index (χ0) is 15.1. The minimum Gasteiger partial charge on any atom is -0.466 e. The highest BCUT2D eigenvalue weighted by Crippen LogP contribution is 2.08. The van der Waals surface area contributed by atoms with E-state index in [1.807, 2.05) is 0 Å². The van der Waals surface area contributed by atoms with Crippen LogP contribution in [0.2, 0.25) is 0 Å². The Hall–Kier alpha value is -1.32. The smallest absolute Gasteiger partial charge is 0.330 e. The molecular weight excluding hydrogens is 256 g/mol. The molecule has 0 atom stereocenters. The number of ether oxygens (including phenoxy) is 2. The first-order valence-electron chi connectivity index (χ1n) is 7.65. The van der Waals surface area contributed by atoms with Crippen molar-refractivity contribution in [2.45, 2.75) is 64.7 Å². The third kappa shape index (κ3) is 13.1. The van der Waals surface area contributed by atoms with Gasteiger partial charge in [-0.25, -0.2) is 4.79 Å². The van der Waals surface area contributed by atoms with Crippen LogP contribution in [0.4, 0.5) is 0 Å². The fourth-order valence-corrected chi connectivity index (χ4v) is 1.79. The number of carbonyl (C=O) groups is 2. The molecule has 0 unspecified atom stereocenters. The van der Waals surface area contributed by atoms with Gasteiger partial charge in [0.2, 0.25) is 0 Å². The molecule has 0 saturated heterocycles. The molecule has 0 aromatic heterocycles. The van der Waals surface area contributed by atoms with Gasteiger partial charge in [-0.1, -0.05) is 58.4 Å². The van der Waals surface area contributed by atoms with Crippen molar-refractivity contribution < 1.29 is 19.1 Å². The van der Waals surface area contributed by atoms with E-state index < -0.39 is 5.97 Å². The Morgan fingerprint density at radius 2 is 1.50 bits per heavy atom. The summed E-state index contributed by atoms with van der Waals surface area (Å²) in [6.07, 6.45) is 10.9. The van der Waals surface area contributed by atoms with Gasteiger partial charge in [0.1, 0.15) is 6.61 Å². The summed E-state index contributed by atoms with van der Waals surface area (Å²) < 4.78 is 9.74. The molecule has 0 aromatic carbocycles. The Morgan fingerprint density at radius 1 is 0.900 bits per heavy atom. The Morgan fingerprint density at radius 3 is 2.10 bits per heavy atom. The van der Waals surface area contributed by atoms with Crippen LogP contribution in [0.25, 0.3) is 0 Å². The highest BCUT2D eigenvalue weighted by molar-refractivity contribution is 5.81. The lowest BCUT2D eigenvalue weighted by molar-refractivity contribution is -0.147. The lowest BCUT2D eigenvalue weighted by atomic mass is 10.1. The number of unbranched alkanes of at least 4 members (excludes halogenated alkanes) is 7. The molecule has 0 saturated carbocycles. The van der Waals surface area contributed by atoms with E-state index in [0.717, 1.165) is 18.9 Å². The molecule has 116 valence electrons. The molecule has 0 aliphatic heterocycles. The highest BCUT2D eigenvalue weighted by atomic mass is 16.5. The van der Waals surface area contributed by atoms with Gasteiger partial charge in [0.05, 0.1) is 13.0 Å². The minimum atomic E-state index is -0.513. The number of rotatable bonds is 13. The van der Waals surface area contributed by atoms with Gasteiger partial charge >= 0.3 is 11.9 Å². The van der Waals surface area contributed by atoms with E-state index in [-0.39, 0.29) is 19.0 Å². The first kappa shape index (κ1) is 18.7. The van der Waals surface area contributed by atoms with Crippen LogP contribution in [0.1, 0.15) is 64.7 Å². The van der Waals surface area contributed by atoms with E-state index in [1.165, 1.54) is 38.5 Å². The number of carbonyl (C=O) groups excluding carboxylic acids is 2. The van der Waals surface area contributed by atoms with Crippen LogP contribution in [-0.4, -0.2) is 25.2 Å². The van der Waals surface area contributed by atoms with Crippen molar-refractivity contribution in [1.29, 1.82) is 0 Å². The van der Waals surface area contributed by atoms with Crippen molar-refractivity contribution in [3.63, 3.8) is 0 Å². The lowest BCUT2D eigenvalue weighted by Gasteiger charge is -2.05. The Kier molecular flexibility index (Phi) is 13.2. The summed E-state index contributed by atoms with van der Waals surface area (Å²) >= 11 is 0. The molecule has 20 heavy (non-hydrogen) atoms. The summed E-state index contributed by atoms with van der Waals surface area (Å²) in [5, 5.41) is 0. The summed E-state index contributed by atoms with van der Waals surface area (Å²) in [6, 6.07) is 0. The molecule has 0 fully saturated rings. The molecule has 4 nitrogen and oxygen atoms in total. The zero-order valence-corrected chi connectivity index (χ0v) is 12.7. The van der Waals surface area contributed by atoms with Crippen molar-refractivity contribution in [2.75, 3.05) is 13.2 Å². The molecule has 0 radical (unpaired) electrons. The van der Waals surface area contributed by atoms with Crippen molar-refractivity contribution in [3.05, 3.63) is 12.7 Å². The minimum absolute atomic E-state index is 0.0567. The van der Waals surface area contributed by atoms with Gasteiger partial charge in [0.25, 0.3) is 0 Å². The van der Waals surface area contributed by atoms with Crippen LogP contribution in [0.5, 0.6) is 0 Å². The third-order valence-electron chi connectivity index (χ3n) is 2.98. The Balaban J connectivity index is 3.23. The Bertz CT molecular complexity index is 274. The van der Waals surface area contributed by atoms with Gasteiger partial charge in [-0.15, -0.1) is 0 Å². The first-order chi connectivity index (χ1) is 9.70. The maximum atomic E-state index is 11.3. The van der Waals surface area contributed by atoms with E-state index in [9.17, 15) is 9.59 Å². The van der Waals surface area contributed by atoms with Crippen LogP contribution in [0.15, 0.2) is 12.7 Å². The fourth-order valence-electron chi connectivity index (χ4n) is 1.79. The second kappa shape index (κ2) is 14.1. The summed E-state index contributed by atoms with van der Waals surface area (Å²) in [5.41, 5.74) is 0. The first-order valence-corrected chi connectivity index (χ1v) is 7.65. The van der Waals surface area contributed by atoms with Gasteiger partial charge in [-0.2, -0.15) is 0 Å². The fraction of sp³-hybridized carbons (Fsp3) is 0.750. The predicted octanol–water partition coefficient (Wildman–Crippen LogP) is 3.79. The average molecular weight is 284 g/mol. The molecule has 0 aliphatic carbocycles. The van der Waals surface area contributed by atoms with Gasteiger partial charge in [0, 0.05) is 6.08 Å². The summed E-state index contributed by atoms with van der Waals surface area (Å²) in [7, 11) is 0. The maximum absolute atomic E-state index is 11.3. The SMILES string of the molecule is C=CC(=O)OCCC(=O)OCCCCCCCCCC. The zero-order valence-electron chi connectivity index (χ0n) is 12.7. The summed E-state index contributed by atoms with van der Waals surface area (Å²) in [5.74, 6) is -0.828. The Labute approximate surface area is 122 Å².